The first-order chi connectivity index (χ1) is 8.33. The lowest BCUT2D eigenvalue weighted by molar-refractivity contribution is 0.215. The Morgan fingerprint density at radius 1 is 0.941 bits per heavy atom. The monoisotopic (exact) mass is 250 g/mol. The van der Waals surface area contributed by atoms with Crippen LogP contribution in [0.3, 0.4) is 0 Å². The molecule has 0 unspecified atom stereocenters. The van der Waals surface area contributed by atoms with Gasteiger partial charge in [-0.2, -0.15) is 0 Å². The summed E-state index contributed by atoms with van der Waals surface area (Å²) in [7, 11) is 1.97. The largest absolute Gasteiger partial charge is 0.399 e. The van der Waals surface area contributed by atoms with Crippen molar-refractivity contribution in [3.63, 3.8) is 0 Å². The van der Waals surface area contributed by atoms with Gasteiger partial charge in [-0.1, -0.05) is 49.6 Å². The summed E-state index contributed by atoms with van der Waals surface area (Å²) in [4.78, 5) is 0. The van der Waals surface area contributed by atoms with E-state index in [1.807, 2.05) is 0 Å². The molecule has 2 rings (SSSR count). The van der Waals surface area contributed by atoms with Crippen LogP contribution in [0.15, 0.2) is 30.3 Å². The van der Waals surface area contributed by atoms with Gasteiger partial charge < -0.3 is 8.85 Å². The molecule has 0 saturated heterocycles. The quantitative estimate of drug-likeness (QED) is 0.765. The van der Waals surface area contributed by atoms with Crippen molar-refractivity contribution in [1.29, 1.82) is 0 Å². The van der Waals surface area contributed by atoms with Crippen LogP contribution in [0.5, 0.6) is 0 Å². The highest BCUT2D eigenvalue weighted by Crippen LogP contribution is 2.41. The lowest BCUT2D eigenvalue weighted by atomic mass is 9.83. The summed E-state index contributed by atoms with van der Waals surface area (Å²) in [6.45, 7) is 0. The van der Waals surface area contributed by atoms with Gasteiger partial charge in [-0.15, -0.1) is 0 Å². The third kappa shape index (κ3) is 2.46. The van der Waals surface area contributed by atoms with Crippen molar-refractivity contribution in [2.45, 2.75) is 37.1 Å². The highest BCUT2D eigenvalue weighted by Gasteiger charge is 2.44. The van der Waals surface area contributed by atoms with Crippen molar-refractivity contribution in [2.24, 2.45) is 0 Å². The molecule has 17 heavy (non-hydrogen) atoms. The lowest BCUT2D eigenvalue weighted by Crippen LogP contribution is -2.47. The zero-order valence-corrected chi connectivity index (χ0v) is 12.0. The van der Waals surface area contributed by atoms with E-state index in [0.29, 0.717) is 0 Å². The Labute approximate surface area is 106 Å². The first-order valence-corrected chi connectivity index (χ1v) is 7.96. The molecule has 0 atom stereocenters. The number of rotatable bonds is 4. The van der Waals surface area contributed by atoms with Crippen LogP contribution in [0, 0.1) is 0 Å². The molecule has 1 aliphatic carbocycles. The van der Waals surface area contributed by atoms with Crippen LogP contribution in [0.2, 0.25) is 0 Å². The first kappa shape index (κ1) is 12.8. The Kier molecular flexibility index (Phi) is 4.37. The van der Waals surface area contributed by atoms with Gasteiger partial charge in [0.2, 0.25) is 0 Å². The molecule has 94 valence electrons. The SMILES string of the molecule is CO[SiH](OC)C1(c2ccccc2)CCCCC1. The highest BCUT2D eigenvalue weighted by atomic mass is 28.3. The van der Waals surface area contributed by atoms with Gasteiger partial charge in [-0.05, 0) is 18.4 Å². The van der Waals surface area contributed by atoms with Gasteiger partial charge in [0.25, 0.3) is 0 Å². The van der Waals surface area contributed by atoms with Gasteiger partial charge in [0.05, 0.1) is 0 Å². The third-order valence-electron chi connectivity index (χ3n) is 3.97. The van der Waals surface area contributed by atoms with Crippen LogP contribution in [0.1, 0.15) is 37.7 Å². The molecule has 0 heterocycles. The van der Waals surface area contributed by atoms with Crippen LogP contribution in [-0.4, -0.2) is 23.5 Å². The van der Waals surface area contributed by atoms with Crippen molar-refractivity contribution in [2.75, 3.05) is 14.2 Å². The Bertz CT molecular complexity index is 329. The van der Waals surface area contributed by atoms with E-state index < -0.39 is 9.28 Å². The fourth-order valence-corrected chi connectivity index (χ4v) is 5.60. The van der Waals surface area contributed by atoms with E-state index in [1.165, 1.54) is 37.7 Å². The smallest absolute Gasteiger partial charge is 0.331 e. The van der Waals surface area contributed by atoms with E-state index in [1.54, 1.807) is 14.2 Å². The summed E-state index contributed by atoms with van der Waals surface area (Å²) in [6, 6.07) is 10.8. The van der Waals surface area contributed by atoms with Crippen molar-refractivity contribution < 1.29 is 8.85 Å². The van der Waals surface area contributed by atoms with Gasteiger partial charge in [-0.3, -0.25) is 0 Å². The zero-order valence-electron chi connectivity index (χ0n) is 10.8. The van der Waals surface area contributed by atoms with Gasteiger partial charge in [-0.25, -0.2) is 0 Å². The maximum Gasteiger partial charge on any atom is 0.331 e. The standard InChI is InChI=1S/C14H22O2Si/c1-15-17(16-2)14(11-7-4-8-12-14)13-9-5-3-6-10-13/h3,5-6,9-10,17H,4,7-8,11-12H2,1-2H3. The van der Waals surface area contributed by atoms with Crippen LogP contribution in [0.25, 0.3) is 0 Å². The van der Waals surface area contributed by atoms with E-state index >= 15 is 0 Å². The number of benzene rings is 1. The van der Waals surface area contributed by atoms with E-state index in [4.69, 9.17) is 8.85 Å². The summed E-state index contributed by atoms with van der Waals surface area (Å²) >= 11 is 0. The maximum atomic E-state index is 5.71. The zero-order chi connectivity index (χ0) is 12.1. The van der Waals surface area contributed by atoms with Gasteiger partial charge in [0.1, 0.15) is 0 Å². The average Bonchev–Trinajstić information content (AvgIpc) is 2.42. The molecule has 0 radical (unpaired) electrons. The molecule has 0 bridgehead atoms. The minimum absolute atomic E-state index is 0.184. The molecule has 0 N–H and O–H groups in total. The topological polar surface area (TPSA) is 18.5 Å². The Morgan fingerprint density at radius 3 is 2.06 bits per heavy atom. The second-order valence-corrected chi connectivity index (χ2v) is 7.60. The van der Waals surface area contributed by atoms with Crippen molar-refractivity contribution in [1.82, 2.24) is 0 Å². The molecule has 3 heteroatoms. The van der Waals surface area contributed by atoms with Gasteiger partial charge >= 0.3 is 9.28 Å². The molecule has 1 fully saturated rings. The maximum absolute atomic E-state index is 5.71. The van der Waals surface area contributed by atoms with E-state index in [0.717, 1.165) is 0 Å². The molecule has 0 aromatic heterocycles. The predicted octanol–water partition coefficient (Wildman–Crippen LogP) is 2.94. The molecular formula is C14H22O2Si. The molecule has 1 aromatic carbocycles. The molecular weight excluding hydrogens is 228 g/mol. The molecule has 1 saturated carbocycles. The fourth-order valence-electron chi connectivity index (χ4n) is 3.16. The average molecular weight is 250 g/mol. The highest BCUT2D eigenvalue weighted by molar-refractivity contribution is 6.48. The number of hydrogen-bond donors (Lipinski definition) is 0. The van der Waals surface area contributed by atoms with Crippen molar-refractivity contribution in [3.8, 4) is 0 Å². The van der Waals surface area contributed by atoms with Crippen LogP contribution >= 0.6 is 0 Å². The van der Waals surface area contributed by atoms with Gasteiger partial charge in [0.15, 0.2) is 0 Å². The number of hydrogen-bond acceptors (Lipinski definition) is 2. The fraction of sp³-hybridized carbons (Fsp3) is 0.571. The molecule has 1 aliphatic rings. The normalized spacial score (nSPS) is 19.5. The minimum atomic E-state index is -1.64. The Hall–Kier alpha value is -0.643. The predicted molar refractivity (Wildman–Crippen MR) is 72.4 cm³/mol. The molecule has 1 aromatic rings. The van der Waals surface area contributed by atoms with E-state index in [2.05, 4.69) is 30.3 Å². The van der Waals surface area contributed by atoms with Crippen molar-refractivity contribution >= 4 is 9.28 Å². The van der Waals surface area contributed by atoms with Gasteiger partial charge in [0, 0.05) is 19.3 Å². The summed E-state index contributed by atoms with van der Waals surface area (Å²) in [5, 5.41) is 0.184. The van der Waals surface area contributed by atoms with E-state index in [-0.39, 0.29) is 5.04 Å². The van der Waals surface area contributed by atoms with Crippen LogP contribution in [0.4, 0.5) is 0 Å². The van der Waals surface area contributed by atoms with Crippen molar-refractivity contribution in [3.05, 3.63) is 35.9 Å². The second kappa shape index (κ2) is 5.80. The van der Waals surface area contributed by atoms with Crippen LogP contribution < -0.4 is 0 Å². The Balaban J connectivity index is 2.35. The Morgan fingerprint density at radius 2 is 1.53 bits per heavy atom. The second-order valence-electron chi connectivity index (χ2n) is 4.89. The summed E-state index contributed by atoms with van der Waals surface area (Å²) in [6.07, 6.45) is 6.38. The lowest BCUT2D eigenvalue weighted by Gasteiger charge is -2.40. The third-order valence-corrected chi connectivity index (χ3v) is 6.64. The molecule has 0 amide bonds. The molecule has 0 spiro atoms. The molecule has 2 nitrogen and oxygen atoms in total. The summed E-state index contributed by atoms with van der Waals surface area (Å²) < 4.78 is 11.4. The minimum Gasteiger partial charge on any atom is -0.399 e. The summed E-state index contributed by atoms with van der Waals surface area (Å²) in [5.41, 5.74) is 1.42. The molecule has 0 aliphatic heterocycles. The summed E-state index contributed by atoms with van der Waals surface area (Å²) in [5.74, 6) is 0. The van der Waals surface area contributed by atoms with Crippen LogP contribution in [-0.2, 0) is 13.9 Å². The van der Waals surface area contributed by atoms with E-state index in [9.17, 15) is 0 Å². The first-order valence-electron chi connectivity index (χ1n) is 6.44.